The largest absolute Gasteiger partial charge is 0.478 e. The van der Waals surface area contributed by atoms with E-state index >= 15 is 0 Å². The predicted molar refractivity (Wildman–Crippen MR) is 120 cm³/mol. The first-order chi connectivity index (χ1) is 14.9. The number of furan rings is 1. The fourth-order valence-electron chi connectivity index (χ4n) is 3.73. The minimum absolute atomic E-state index is 0.0851. The van der Waals surface area contributed by atoms with E-state index in [0.717, 1.165) is 5.57 Å². The van der Waals surface area contributed by atoms with Crippen LogP contribution in [-0.4, -0.2) is 20.6 Å². The molecular weight excluding hydrogens is 439 g/mol. The summed E-state index contributed by atoms with van der Waals surface area (Å²) in [4.78, 5) is 28.7. The van der Waals surface area contributed by atoms with Crippen molar-refractivity contribution in [2.75, 3.05) is 0 Å². The summed E-state index contributed by atoms with van der Waals surface area (Å²) in [5, 5.41) is 10.5. The third-order valence-corrected chi connectivity index (χ3v) is 6.07. The lowest BCUT2D eigenvalue weighted by Crippen LogP contribution is -2.20. The lowest BCUT2D eigenvalue weighted by Gasteiger charge is -2.06. The molecule has 1 aliphatic heterocycles. The number of fused-ring (bicyclic) bond motifs is 2. The van der Waals surface area contributed by atoms with Gasteiger partial charge in [-0.2, -0.15) is 0 Å². The Labute approximate surface area is 186 Å². The molecule has 0 bridgehead atoms. The molecule has 3 heterocycles. The number of hydrogen-bond donors (Lipinski definition) is 1. The van der Waals surface area contributed by atoms with Gasteiger partial charge in [0.25, 0.3) is 5.56 Å². The van der Waals surface area contributed by atoms with Gasteiger partial charge in [0.15, 0.2) is 0 Å². The summed E-state index contributed by atoms with van der Waals surface area (Å²) in [7, 11) is 0. The van der Waals surface area contributed by atoms with Gasteiger partial charge in [-0.25, -0.2) is 9.78 Å². The molecule has 6 nitrogen and oxygen atoms in total. The van der Waals surface area contributed by atoms with Crippen molar-refractivity contribution in [3.63, 3.8) is 0 Å². The molecule has 0 radical (unpaired) electrons. The first-order valence-corrected chi connectivity index (χ1v) is 10.2. The van der Waals surface area contributed by atoms with Crippen LogP contribution in [0.4, 0.5) is 0 Å². The highest BCUT2D eigenvalue weighted by molar-refractivity contribution is 6.43. The summed E-state index contributed by atoms with van der Waals surface area (Å²) in [5.74, 6) is 0.608. The molecule has 0 fully saturated rings. The Morgan fingerprint density at radius 2 is 2.00 bits per heavy atom. The molecule has 0 spiro atoms. The van der Waals surface area contributed by atoms with Crippen molar-refractivity contribution in [1.82, 2.24) is 9.55 Å². The van der Waals surface area contributed by atoms with Gasteiger partial charge in [0.05, 0.1) is 26.5 Å². The SMILES string of the molecule is O=C(O)c1ccc2c(=O)n3c(nc2c1)/C(=C/c1ccc(-c2cccc(Cl)c2Cl)o1)CC3. The molecule has 0 saturated heterocycles. The summed E-state index contributed by atoms with van der Waals surface area (Å²) in [6.07, 6.45) is 2.44. The monoisotopic (exact) mass is 452 g/mol. The third kappa shape index (κ3) is 3.34. The van der Waals surface area contributed by atoms with Crippen LogP contribution >= 0.6 is 23.2 Å². The molecule has 8 heteroatoms. The van der Waals surface area contributed by atoms with Crippen molar-refractivity contribution in [3.05, 3.63) is 86.1 Å². The van der Waals surface area contributed by atoms with E-state index in [2.05, 4.69) is 4.98 Å². The summed E-state index contributed by atoms with van der Waals surface area (Å²) < 4.78 is 7.54. The standard InChI is InChI=1S/C23H14Cl2N2O4/c24-17-3-1-2-16(20(17)25)19-7-5-14(31-19)10-12-8-9-27-21(12)26-18-11-13(23(29)30)4-6-15(18)22(27)28/h1-7,10-11H,8-9H2,(H,29,30)/b12-10+. The van der Waals surface area contributed by atoms with Gasteiger partial charge in [-0.05, 0) is 55.0 Å². The average molecular weight is 453 g/mol. The summed E-state index contributed by atoms with van der Waals surface area (Å²) >= 11 is 12.4. The predicted octanol–water partition coefficient (Wildman–Crippen LogP) is 5.61. The molecule has 0 atom stereocenters. The maximum Gasteiger partial charge on any atom is 0.335 e. The number of aromatic carboxylic acids is 1. The number of carboxylic acid groups (broad SMARTS) is 1. The zero-order valence-corrected chi connectivity index (χ0v) is 17.4. The third-order valence-electron chi connectivity index (χ3n) is 5.25. The van der Waals surface area contributed by atoms with Gasteiger partial charge in [0.1, 0.15) is 17.3 Å². The highest BCUT2D eigenvalue weighted by Gasteiger charge is 2.22. The molecule has 2 aromatic carbocycles. The number of aromatic nitrogens is 2. The maximum atomic E-state index is 12.9. The second-order valence-electron chi connectivity index (χ2n) is 7.15. The topological polar surface area (TPSA) is 85.3 Å². The van der Waals surface area contributed by atoms with Gasteiger partial charge < -0.3 is 9.52 Å². The number of nitrogens with zero attached hydrogens (tertiary/aromatic N) is 2. The first-order valence-electron chi connectivity index (χ1n) is 9.45. The van der Waals surface area contributed by atoms with Gasteiger partial charge in [0.2, 0.25) is 0 Å². The van der Waals surface area contributed by atoms with Crippen LogP contribution in [0.1, 0.15) is 28.4 Å². The van der Waals surface area contributed by atoms with Crippen molar-refractivity contribution in [3.8, 4) is 11.3 Å². The number of rotatable bonds is 3. The summed E-state index contributed by atoms with van der Waals surface area (Å²) in [5.41, 5.74) is 1.77. The van der Waals surface area contributed by atoms with Crippen molar-refractivity contribution in [2.45, 2.75) is 13.0 Å². The van der Waals surface area contributed by atoms with E-state index in [1.807, 2.05) is 18.2 Å². The van der Waals surface area contributed by atoms with Gasteiger partial charge in [-0.1, -0.05) is 29.3 Å². The zero-order chi connectivity index (χ0) is 21.7. The normalized spacial score (nSPS) is 14.3. The van der Waals surface area contributed by atoms with Gasteiger partial charge in [0, 0.05) is 17.7 Å². The number of benzene rings is 2. The molecule has 0 unspecified atom stereocenters. The minimum atomic E-state index is -1.07. The second-order valence-corrected chi connectivity index (χ2v) is 7.94. The Balaban J connectivity index is 1.58. The summed E-state index contributed by atoms with van der Waals surface area (Å²) in [6.45, 7) is 0.497. The van der Waals surface area contributed by atoms with E-state index in [1.54, 1.807) is 22.8 Å². The second kappa shape index (κ2) is 7.41. The highest BCUT2D eigenvalue weighted by atomic mass is 35.5. The van der Waals surface area contributed by atoms with Crippen LogP contribution in [-0.2, 0) is 6.54 Å². The van der Waals surface area contributed by atoms with Crippen LogP contribution in [0.5, 0.6) is 0 Å². The van der Waals surface area contributed by atoms with Gasteiger partial charge in [-0.15, -0.1) is 0 Å². The van der Waals surface area contributed by atoms with Crippen molar-refractivity contribution < 1.29 is 14.3 Å². The molecule has 5 rings (SSSR count). The molecule has 0 saturated carbocycles. The minimum Gasteiger partial charge on any atom is -0.478 e. The maximum absolute atomic E-state index is 12.9. The fourth-order valence-corrected chi connectivity index (χ4v) is 4.12. The van der Waals surface area contributed by atoms with Crippen LogP contribution in [0, 0.1) is 0 Å². The number of carbonyl (C=O) groups is 1. The van der Waals surface area contributed by atoms with E-state index in [-0.39, 0.29) is 11.1 Å². The zero-order valence-electron chi connectivity index (χ0n) is 15.9. The molecule has 1 N–H and O–H groups in total. The number of allylic oxidation sites excluding steroid dienone is 1. The smallest absolute Gasteiger partial charge is 0.335 e. The Morgan fingerprint density at radius 3 is 2.81 bits per heavy atom. The van der Waals surface area contributed by atoms with Crippen LogP contribution in [0.3, 0.4) is 0 Å². The van der Waals surface area contributed by atoms with E-state index in [0.29, 0.717) is 56.8 Å². The molecule has 31 heavy (non-hydrogen) atoms. The van der Waals surface area contributed by atoms with Gasteiger partial charge >= 0.3 is 5.97 Å². The average Bonchev–Trinajstić information content (AvgIpc) is 3.38. The van der Waals surface area contributed by atoms with Crippen LogP contribution in [0.25, 0.3) is 33.9 Å². The van der Waals surface area contributed by atoms with E-state index in [1.165, 1.54) is 18.2 Å². The van der Waals surface area contributed by atoms with Crippen LogP contribution in [0.15, 0.2) is 57.7 Å². The Bertz CT molecular complexity index is 1470. The lowest BCUT2D eigenvalue weighted by molar-refractivity contribution is 0.0697. The quantitative estimate of drug-likeness (QED) is 0.436. The summed E-state index contributed by atoms with van der Waals surface area (Å²) in [6, 6.07) is 13.3. The number of carboxylic acids is 1. The Hall–Kier alpha value is -3.35. The molecule has 0 aliphatic carbocycles. The Morgan fingerprint density at radius 1 is 1.16 bits per heavy atom. The molecule has 0 amide bonds. The van der Waals surface area contributed by atoms with E-state index in [9.17, 15) is 14.7 Å². The van der Waals surface area contributed by atoms with Crippen molar-refractivity contribution >= 4 is 51.7 Å². The van der Waals surface area contributed by atoms with Crippen molar-refractivity contribution in [2.24, 2.45) is 0 Å². The van der Waals surface area contributed by atoms with E-state index < -0.39 is 5.97 Å². The molecule has 4 aromatic rings. The van der Waals surface area contributed by atoms with Crippen LogP contribution in [0.2, 0.25) is 10.0 Å². The first kappa shape index (κ1) is 19.6. The molecular formula is C23H14Cl2N2O4. The molecule has 2 aromatic heterocycles. The number of halogens is 2. The van der Waals surface area contributed by atoms with Crippen molar-refractivity contribution in [1.29, 1.82) is 0 Å². The van der Waals surface area contributed by atoms with Gasteiger partial charge in [-0.3, -0.25) is 9.36 Å². The lowest BCUT2D eigenvalue weighted by atomic mass is 10.1. The fraction of sp³-hybridized carbons (Fsp3) is 0.0870. The highest BCUT2D eigenvalue weighted by Crippen LogP contribution is 2.35. The molecule has 154 valence electrons. The molecule has 1 aliphatic rings. The van der Waals surface area contributed by atoms with Crippen LogP contribution < -0.4 is 5.56 Å². The number of hydrogen-bond acceptors (Lipinski definition) is 4. The Kier molecular flexibility index (Phi) is 4.68. The van der Waals surface area contributed by atoms with E-state index in [4.69, 9.17) is 27.6 Å².